The summed E-state index contributed by atoms with van der Waals surface area (Å²) < 4.78 is 55.5. The maximum atomic E-state index is 13.5. The molecule has 0 unspecified atom stereocenters. The van der Waals surface area contributed by atoms with Gasteiger partial charge in [-0.2, -0.15) is 13.2 Å². The summed E-state index contributed by atoms with van der Waals surface area (Å²) in [6, 6.07) is 2.07. The van der Waals surface area contributed by atoms with Crippen LogP contribution in [0.5, 0.6) is 0 Å². The molecule has 7 heteroatoms. The van der Waals surface area contributed by atoms with Crippen LogP contribution in [0.2, 0.25) is 0 Å². The van der Waals surface area contributed by atoms with Crippen molar-refractivity contribution in [3.63, 3.8) is 0 Å². The van der Waals surface area contributed by atoms with E-state index in [1.807, 2.05) is 0 Å². The zero-order valence-electron chi connectivity index (χ0n) is 12.3. The van der Waals surface area contributed by atoms with Crippen LogP contribution in [0.15, 0.2) is 18.2 Å². The Bertz CT molecular complexity index is 607. The molecule has 0 aromatic heterocycles. The number of rotatable bonds is 1. The average molecular weight is 317 g/mol. The molecule has 0 atom stereocenters. The van der Waals surface area contributed by atoms with E-state index in [9.17, 15) is 22.4 Å². The molecule has 0 radical (unpaired) electrons. The van der Waals surface area contributed by atoms with Crippen molar-refractivity contribution < 1.29 is 27.1 Å². The van der Waals surface area contributed by atoms with Crippen molar-refractivity contribution in [2.75, 3.05) is 6.54 Å². The minimum Gasteiger partial charge on any atom is -0.444 e. The molecule has 0 saturated heterocycles. The van der Waals surface area contributed by atoms with Gasteiger partial charge in [0.2, 0.25) is 0 Å². The van der Waals surface area contributed by atoms with Crippen molar-refractivity contribution >= 4 is 6.09 Å². The SMILES string of the molecule is CC(C)(C)OC(=O)NCC#Cc1ccc(C(F)(F)F)cc1F. The van der Waals surface area contributed by atoms with Crippen LogP contribution in [-0.2, 0) is 10.9 Å². The molecule has 1 aromatic carbocycles. The molecule has 0 aliphatic rings. The summed E-state index contributed by atoms with van der Waals surface area (Å²) in [6.07, 6.45) is -5.29. The maximum Gasteiger partial charge on any atom is 0.416 e. The second kappa shape index (κ2) is 6.69. The molecule has 1 amide bonds. The van der Waals surface area contributed by atoms with Gasteiger partial charge >= 0.3 is 12.3 Å². The summed E-state index contributed by atoms with van der Waals surface area (Å²) in [6.45, 7) is 4.96. The zero-order valence-corrected chi connectivity index (χ0v) is 12.3. The summed E-state index contributed by atoms with van der Waals surface area (Å²) >= 11 is 0. The van der Waals surface area contributed by atoms with Gasteiger partial charge in [-0.05, 0) is 39.0 Å². The highest BCUT2D eigenvalue weighted by atomic mass is 19.4. The number of benzene rings is 1. The highest BCUT2D eigenvalue weighted by Crippen LogP contribution is 2.29. The molecule has 0 spiro atoms. The molecule has 0 fully saturated rings. The fourth-order valence-corrected chi connectivity index (χ4v) is 1.36. The molecule has 0 aliphatic carbocycles. The normalized spacial score (nSPS) is 11.4. The number of carbonyl (C=O) groups excluding carboxylic acids is 1. The van der Waals surface area contributed by atoms with Gasteiger partial charge < -0.3 is 10.1 Å². The quantitative estimate of drug-likeness (QED) is 0.633. The fourth-order valence-electron chi connectivity index (χ4n) is 1.36. The number of nitrogens with one attached hydrogen (secondary N) is 1. The summed E-state index contributed by atoms with van der Waals surface area (Å²) in [4.78, 5) is 11.3. The van der Waals surface area contributed by atoms with Gasteiger partial charge in [-0.3, -0.25) is 0 Å². The topological polar surface area (TPSA) is 38.3 Å². The van der Waals surface area contributed by atoms with E-state index in [1.54, 1.807) is 20.8 Å². The van der Waals surface area contributed by atoms with Crippen molar-refractivity contribution in [1.29, 1.82) is 0 Å². The summed E-state index contributed by atoms with van der Waals surface area (Å²) in [5.74, 6) is 3.71. The molecule has 0 bridgehead atoms. The number of hydrogen-bond acceptors (Lipinski definition) is 2. The Balaban J connectivity index is 2.64. The van der Waals surface area contributed by atoms with Crippen LogP contribution in [-0.4, -0.2) is 18.2 Å². The number of alkyl carbamates (subject to hydrolysis) is 1. The standard InChI is InChI=1S/C15H15F4NO2/c1-14(2,3)22-13(21)20-8-4-5-10-6-7-11(9-12(10)16)15(17,18)19/h6-7,9H,8H2,1-3H3,(H,20,21). The van der Waals surface area contributed by atoms with E-state index in [0.717, 1.165) is 12.1 Å². The van der Waals surface area contributed by atoms with Gasteiger partial charge in [-0.25, -0.2) is 9.18 Å². The molecule has 0 aliphatic heterocycles. The summed E-state index contributed by atoms with van der Waals surface area (Å²) in [5, 5.41) is 2.33. The number of amides is 1. The monoisotopic (exact) mass is 317 g/mol. The molecule has 120 valence electrons. The molecule has 0 saturated carbocycles. The van der Waals surface area contributed by atoms with Gasteiger partial charge in [0.1, 0.15) is 11.4 Å². The highest BCUT2D eigenvalue weighted by Gasteiger charge is 2.31. The van der Waals surface area contributed by atoms with Crippen LogP contribution in [0.4, 0.5) is 22.4 Å². The number of carbonyl (C=O) groups is 1. The third-order valence-electron chi connectivity index (χ3n) is 2.24. The first-order valence-corrected chi connectivity index (χ1v) is 6.31. The molecule has 1 aromatic rings. The Morgan fingerprint density at radius 1 is 1.27 bits per heavy atom. The van der Waals surface area contributed by atoms with Crippen molar-refractivity contribution in [1.82, 2.24) is 5.32 Å². The van der Waals surface area contributed by atoms with Gasteiger partial charge in [0, 0.05) is 0 Å². The number of halogens is 4. The minimum absolute atomic E-state index is 0.116. The van der Waals surface area contributed by atoms with Gasteiger partial charge in [0.15, 0.2) is 0 Å². The van der Waals surface area contributed by atoms with Crippen LogP contribution in [0.25, 0.3) is 0 Å². The number of hydrogen-bond donors (Lipinski definition) is 1. The lowest BCUT2D eigenvalue weighted by molar-refractivity contribution is -0.137. The first-order chi connectivity index (χ1) is 9.99. The second-order valence-corrected chi connectivity index (χ2v) is 5.35. The number of ether oxygens (including phenoxy) is 1. The smallest absolute Gasteiger partial charge is 0.416 e. The molecule has 3 nitrogen and oxygen atoms in total. The largest absolute Gasteiger partial charge is 0.444 e. The van der Waals surface area contributed by atoms with Crippen LogP contribution < -0.4 is 5.32 Å². The van der Waals surface area contributed by atoms with Crippen LogP contribution in [0.3, 0.4) is 0 Å². The Kier molecular flexibility index (Phi) is 5.42. The van der Waals surface area contributed by atoms with E-state index >= 15 is 0 Å². The van der Waals surface area contributed by atoms with Gasteiger partial charge in [0.25, 0.3) is 0 Å². The minimum atomic E-state index is -4.61. The predicted molar refractivity (Wildman–Crippen MR) is 72.5 cm³/mol. The van der Waals surface area contributed by atoms with Crippen LogP contribution >= 0.6 is 0 Å². The lowest BCUT2D eigenvalue weighted by Gasteiger charge is -2.19. The summed E-state index contributed by atoms with van der Waals surface area (Å²) in [5.41, 5.74) is -1.92. The second-order valence-electron chi connectivity index (χ2n) is 5.35. The molecular formula is C15H15F4NO2. The van der Waals surface area contributed by atoms with E-state index in [1.165, 1.54) is 0 Å². The van der Waals surface area contributed by atoms with E-state index in [-0.39, 0.29) is 12.1 Å². The van der Waals surface area contributed by atoms with Crippen molar-refractivity contribution in [3.8, 4) is 11.8 Å². The van der Waals surface area contributed by atoms with E-state index in [4.69, 9.17) is 4.74 Å². The van der Waals surface area contributed by atoms with E-state index < -0.39 is 29.3 Å². The van der Waals surface area contributed by atoms with Gasteiger partial charge in [0.05, 0.1) is 17.7 Å². The van der Waals surface area contributed by atoms with Crippen molar-refractivity contribution in [2.24, 2.45) is 0 Å². The molecule has 22 heavy (non-hydrogen) atoms. The third-order valence-corrected chi connectivity index (χ3v) is 2.24. The Morgan fingerprint density at radius 3 is 2.41 bits per heavy atom. The number of alkyl halides is 3. The molecule has 0 heterocycles. The highest BCUT2D eigenvalue weighted by molar-refractivity contribution is 5.68. The first kappa shape index (κ1) is 17.8. The maximum absolute atomic E-state index is 13.5. The Labute approximate surface area is 125 Å². The molecule has 1 rings (SSSR count). The van der Waals surface area contributed by atoms with Gasteiger partial charge in [-0.1, -0.05) is 11.8 Å². The van der Waals surface area contributed by atoms with Crippen LogP contribution in [0, 0.1) is 17.7 Å². The molecule has 1 N–H and O–H groups in total. The lowest BCUT2D eigenvalue weighted by atomic mass is 10.1. The average Bonchev–Trinajstić information content (AvgIpc) is 2.32. The lowest BCUT2D eigenvalue weighted by Crippen LogP contribution is -2.32. The predicted octanol–water partition coefficient (Wildman–Crippen LogP) is 3.72. The first-order valence-electron chi connectivity index (χ1n) is 6.31. The van der Waals surface area contributed by atoms with Gasteiger partial charge in [-0.15, -0.1) is 0 Å². The van der Waals surface area contributed by atoms with Crippen LogP contribution in [0.1, 0.15) is 31.9 Å². The van der Waals surface area contributed by atoms with Crippen molar-refractivity contribution in [3.05, 3.63) is 35.1 Å². The Morgan fingerprint density at radius 2 is 1.91 bits per heavy atom. The Hall–Kier alpha value is -2.23. The zero-order chi connectivity index (χ0) is 17.0. The third kappa shape index (κ3) is 6.04. The van der Waals surface area contributed by atoms with E-state index in [2.05, 4.69) is 17.2 Å². The van der Waals surface area contributed by atoms with Crippen molar-refractivity contribution in [2.45, 2.75) is 32.5 Å². The van der Waals surface area contributed by atoms with E-state index in [0.29, 0.717) is 6.07 Å². The molecular weight excluding hydrogens is 302 g/mol. The summed E-state index contributed by atoms with van der Waals surface area (Å²) in [7, 11) is 0. The fraction of sp³-hybridized carbons (Fsp3) is 0.400.